The van der Waals surface area contributed by atoms with Gasteiger partial charge in [0, 0.05) is 18.1 Å². The summed E-state index contributed by atoms with van der Waals surface area (Å²) < 4.78 is 1.51. The molecule has 0 aromatic carbocycles. The quantitative estimate of drug-likeness (QED) is 0.948. The third kappa shape index (κ3) is 3.74. The number of piperidine rings is 1. The minimum Gasteiger partial charge on any atom is -0.306 e. The summed E-state index contributed by atoms with van der Waals surface area (Å²) >= 11 is 0. The van der Waals surface area contributed by atoms with Crippen molar-refractivity contribution in [2.75, 3.05) is 25.5 Å². The Bertz CT molecular complexity index is 598. The Morgan fingerprint density at radius 1 is 1.27 bits per heavy atom. The predicted octanol–water partition coefficient (Wildman–Crippen LogP) is 2.85. The van der Waals surface area contributed by atoms with Gasteiger partial charge >= 0.3 is 6.03 Å². The molecule has 0 atom stereocenters. The first-order valence-corrected chi connectivity index (χ1v) is 7.78. The number of nitrogens with one attached hydrogen (secondary N) is 1. The molecule has 1 aliphatic heterocycles. The molecular weight excluding hydrogens is 276 g/mol. The number of amides is 1. The van der Waals surface area contributed by atoms with Gasteiger partial charge in [-0.25, -0.2) is 4.79 Å². The van der Waals surface area contributed by atoms with Crippen LogP contribution in [0.5, 0.6) is 0 Å². The van der Waals surface area contributed by atoms with Crippen LogP contribution in [0, 0.1) is 5.92 Å². The van der Waals surface area contributed by atoms with Gasteiger partial charge in [0.2, 0.25) is 0 Å². The lowest BCUT2D eigenvalue weighted by molar-refractivity contribution is 0.218. The van der Waals surface area contributed by atoms with Gasteiger partial charge in [-0.3, -0.25) is 9.55 Å². The van der Waals surface area contributed by atoms with Crippen molar-refractivity contribution in [2.45, 2.75) is 19.3 Å². The molecule has 2 aromatic rings. The summed E-state index contributed by atoms with van der Waals surface area (Å²) in [6.45, 7) is 2.35. The second kappa shape index (κ2) is 6.75. The van der Waals surface area contributed by atoms with Gasteiger partial charge in [-0.05, 0) is 69.6 Å². The van der Waals surface area contributed by atoms with Crippen molar-refractivity contribution in [2.24, 2.45) is 5.92 Å². The van der Waals surface area contributed by atoms with Gasteiger partial charge in [0.05, 0.1) is 11.9 Å². The van der Waals surface area contributed by atoms with Crippen molar-refractivity contribution < 1.29 is 4.79 Å². The van der Waals surface area contributed by atoms with Gasteiger partial charge < -0.3 is 10.2 Å². The van der Waals surface area contributed by atoms with Gasteiger partial charge in [-0.2, -0.15) is 0 Å². The third-order valence-corrected chi connectivity index (χ3v) is 4.25. The van der Waals surface area contributed by atoms with Crippen LogP contribution in [0.15, 0.2) is 42.9 Å². The number of likely N-dealkylation sites (tertiary alicyclic amines) is 1. The van der Waals surface area contributed by atoms with E-state index >= 15 is 0 Å². The van der Waals surface area contributed by atoms with E-state index in [-0.39, 0.29) is 6.03 Å². The molecule has 0 spiro atoms. The van der Waals surface area contributed by atoms with Crippen molar-refractivity contribution in [1.82, 2.24) is 14.5 Å². The number of hydrogen-bond donors (Lipinski definition) is 1. The number of carbonyl (C=O) groups excluding carboxylic acids is 1. The van der Waals surface area contributed by atoms with Gasteiger partial charge in [-0.15, -0.1) is 0 Å². The van der Waals surface area contributed by atoms with E-state index in [0.29, 0.717) is 0 Å². The van der Waals surface area contributed by atoms with E-state index in [1.54, 1.807) is 18.6 Å². The fraction of sp³-hybridized carbons (Fsp3) is 0.412. The van der Waals surface area contributed by atoms with Crippen LogP contribution in [0.25, 0.3) is 0 Å². The van der Waals surface area contributed by atoms with Crippen molar-refractivity contribution in [1.29, 1.82) is 0 Å². The van der Waals surface area contributed by atoms with Gasteiger partial charge in [0.1, 0.15) is 0 Å². The number of carbonyl (C=O) groups is 1. The first kappa shape index (κ1) is 14.8. The maximum atomic E-state index is 11.9. The van der Waals surface area contributed by atoms with Crippen LogP contribution in [0.4, 0.5) is 10.5 Å². The molecule has 1 saturated heterocycles. The lowest BCUT2D eigenvalue weighted by Crippen LogP contribution is -2.31. The van der Waals surface area contributed by atoms with Gasteiger partial charge in [-0.1, -0.05) is 0 Å². The zero-order chi connectivity index (χ0) is 15.4. The molecular formula is C17H22N4O. The highest BCUT2D eigenvalue weighted by atomic mass is 16.2. The number of rotatable bonds is 3. The van der Waals surface area contributed by atoms with Gasteiger partial charge in [0.15, 0.2) is 0 Å². The smallest absolute Gasteiger partial charge is 0.306 e. The largest absolute Gasteiger partial charge is 0.329 e. The molecule has 2 aromatic heterocycles. The molecule has 3 heterocycles. The summed E-state index contributed by atoms with van der Waals surface area (Å²) in [6.07, 6.45) is 8.69. The maximum Gasteiger partial charge on any atom is 0.329 e. The highest BCUT2D eigenvalue weighted by Gasteiger charge is 2.17. The summed E-state index contributed by atoms with van der Waals surface area (Å²) in [5.41, 5.74) is 1.83. The zero-order valence-electron chi connectivity index (χ0n) is 12.9. The fourth-order valence-electron chi connectivity index (χ4n) is 2.84. The second-order valence-electron chi connectivity index (χ2n) is 6.01. The van der Waals surface area contributed by atoms with Crippen LogP contribution < -0.4 is 5.32 Å². The topological polar surface area (TPSA) is 50.2 Å². The third-order valence-electron chi connectivity index (χ3n) is 4.25. The van der Waals surface area contributed by atoms with Gasteiger partial charge in [0.25, 0.3) is 0 Å². The number of aromatic nitrogens is 2. The molecule has 116 valence electrons. The number of nitrogens with zero attached hydrogens (tertiary/aromatic N) is 3. The van der Waals surface area contributed by atoms with E-state index in [1.807, 2.05) is 24.3 Å². The molecule has 1 amide bonds. The number of hydrogen-bond acceptors (Lipinski definition) is 3. The Hall–Kier alpha value is -2.14. The number of anilines is 1. The average molecular weight is 298 g/mol. The number of pyridine rings is 1. The Balaban J connectivity index is 1.55. The minimum atomic E-state index is -0.171. The lowest BCUT2D eigenvalue weighted by Gasteiger charge is -2.28. The molecule has 5 nitrogen and oxygen atoms in total. The van der Waals surface area contributed by atoms with Crippen molar-refractivity contribution in [3.63, 3.8) is 0 Å². The Labute approximate surface area is 131 Å². The van der Waals surface area contributed by atoms with Crippen molar-refractivity contribution in [3.05, 3.63) is 48.5 Å². The standard InChI is InChI=1S/C17H22N4O/c1-20-10-6-14(7-11-20)12-15-4-5-16(13-18-15)19-17(22)21-8-2-3-9-21/h2-5,8-9,13-14H,6-7,10-12H2,1H3,(H,19,22). The Morgan fingerprint density at radius 3 is 2.64 bits per heavy atom. The summed E-state index contributed by atoms with van der Waals surface area (Å²) in [7, 11) is 2.18. The molecule has 0 aliphatic carbocycles. The maximum absolute atomic E-state index is 11.9. The van der Waals surface area contributed by atoms with Crippen LogP contribution in [-0.4, -0.2) is 40.6 Å². The Kier molecular flexibility index (Phi) is 4.53. The van der Waals surface area contributed by atoms with Crippen LogP contribution >= 0.6 is 0 Å². The van der Waals surface area contributed by atoms with E-state index in [4.69, 9.17) is 0 Å². The normalized spacial score (nSPS) is 16.6. The molecule has 5 heteroatoms. The summed E-state index contributed by atoms with van der Waals surface area (Å²) in [5, 5.41) is 2.84. The highest BCUT2D eigenvalue weighted by Crippen LogP contribution is 2.20. The zero-order valence-corrected chi connectivity index (χ0v) is 12.9. The lowest BCUT2D eigenvalue weighted by atomic mass is 9.92. The summed E-state index contributed by atoms with van der Waals surface area (Å²) in [4.78, 5) is 18.8. The monoisotopic (exact) mass is 298 g/mol. The molecule has 1 aliphatic rings. The van der Waals surface area contributed by atoms with Crippen molar-refractivity contribution >= 4 is 11.7 Å². The molecule has 1 fully saturated rings. The SMILES string of the molecule is CN1CCC(Cc2ccc(NC(=O)n3cccc3)cn2)CC1. The van der Waals surface area contributed by atoms with E-state index in [9.17, 15) is 4.79 Å². The highest BCUT2D eigenvalue weighted by molar-refractivity contribution is 5.90. The van der Waals surface area contributed by atoms with Crippen LogP contribution in [0.3, 0.4) is 0 Å². The van der Waals surface area contributed by atoms with Crippen molar-refractivity contribution in [3.8, 4) is 0 Å². The first-order valence-electron chi connectivity index (χ1n) is 7.78. The van der Waals surface area contributed by atoms with E-state index < -0.39 is 0 Å². The molecule has 1 N–H and O–H groups in total. The fourth-order valence-corrected chi connectivity index (χ4v) is 2.84. The van der Waals surface area contributed by atoms with Crippen LogP contribution in [0.2, 0.25) is 0 Å². The van der Waals surface area contributed by atoms with E-state index in [2.05, 4.69) is 22.2 Å². The second-order valence-corrected chi connectivity index (χ2v) is 6.01. The van der Waals surface area contributed by atoms with E-state index in [1.165, 1.54) is 30.5 Å². The van der Waals surface area contributed by atoms with Crippen LogP contribution in [0.1, 0.15) is 18.5 Å². The molecule has 0 unspecified atom stereocenters. The van der Waals surface area contributed by atoms with E-state index in [0.717, 1.165) is 23.7 Å². The summed E-state index contributed by atoms with van der Waals surface area (Å²) in [6, 6.07) is 7.42. The summed E-state index contributed by atoms with van der Waals surface area (Å²) in [5.74, 6) is 0.726. The molecule has 0 bridgehead atoms. The molecule has 22 heavy (non-hydrogen) atoms. The average Bonchev–Trinajstić information content (AvgIpc) is 3.06. The molecule has 3 rings (SSSR count). The predicted molar refractivity (Wildman–Crippen MR) is 87.0 cm³/mol. The first-order chi connectivity index (χ1) is 10.7. The minimum absolute atomic E-state index is 0.171. The van der Waals surface area contributed by atoms with Crippen LogP contribution in [-0.2, 0) is 6.42 Å². The molecule has 0 saturated carbocycles. The molecule has 0 radical (unpaired) electrons. The Morgan fingerprint density at radius 2 is 2.00 bits per heavy atom.